The van der Waals surface area contributed by atoms with Gasteiger partial charge in [-0.25, -0.2) is 0 Å². The largest absolute Gasteiger partial charge is 0.497 e. The standard InChI is InChI=1S/C25H21ClO5/c1-15-21(30-14-16-4-6-18(26)7-5-16)11-9-20-24(27)23(31-25(15)20)13-17-12-19(28-2)8-10-22(17)29-3/h4-13H,14H2,1-3H3/b23-13-. The van der Waals surface area contributed by atoms with Crippen molar-refractivity contribution in [3.63, 3.8) is 0 Å². The van der Waals surface area contributed by atoms with Crippen molar-refractivity contribution in [2.45, 2.75) is 13.5 Å². The maximum absolute atomic E-state index is 12.9. The van der Waals surface area contributed by atoms with Crippen LogP contribution in [0.5, 0.6) is 23.0 Å². The molecule has 0 spiro atoms. The smallest absolute Gasteiger partial charge is 0.231 e. The van der Waals surface area contributed by atoms with Gasteiger partial charge in [-0.3, -0.25) is 4.79 Å². The van der Waals surface area contributed by atoms with Crippen molar-refractivity contribution in [2.75, 3.05) is 14.2 Å². The third-order valence-electron chi connectivity index (χ3n) is 5.07. The van der Waals surface area contributed by atoms with Gasteiger partial charge in [0.2, 0.25) is 5.78 Å². The summed E-state index contributed by atoms with van der Waals surface area (Å²) in [5, 5.41) is 0.677. The summed E-state index contributed by atoms with van der Waals surface area (Å²) < 4.78 is 22.6. The second-order valence-electron chi connectivity index (χ2n) is 7.03. The van der Waals surface area contributed by atoms with Crippen molar-refractivity contribution < 1.29 is 23.7 Å². The average molecular weight is 437 g/mol. The third-order valence-corrected chi connectivity index (χ3v) is 5.32. The zero-order chi connectivity index (χ0) is 22.0. The Bertz CT molecular complexity index is 1170. The first-order chi connectivity index (χ1) is 15.0. The topological polar surface area (TPSA) is 54.0 Å². The molecule has 3 aromatic carbocycles. The maximum Gasteiger partial charge on any atom is 0.231 e. The van der Waals surface area contributed by atoms with Crippen LogP contribution >= 0.6 is 11.6 Å². The van der Waals surface area contributed by atoms with Crippen LogP contribution in [0.1, 0.15) is 27.0 Å². The second kappa shape index (κ2) is 8.74. The normalized spacial score (nSPS) is 13.7. The van der Waals surface area contributed by atoms with Crippen LogP contribution in [-0.4, -0.2) is 20.0 Å². The van der Waals surface area contributed by atoms with Crippen molar-refractivity contribution in [3.8, 4) is 23.0 Å². The van der Waals surface area contributed by atoms with Gasteiger partial charge in [0.1, 0.15) is 29.6 Å². The van der Waals surface area contributed by atoms with E-state index in [9.17, 15) is 4.79 Å². The predicted octanol–water partition coefficient (Wildman–Crippen LogP) is 5.86. The molecule has 0 unspecified atom stereocenters. The van der Waals surface area contributed by atoms with Crippen LogP contribution in [0.4, 0.5) is 0 Å². The molecule has 4 rings (SSSR count). The highest BCUT2D eigenvalue weighted by Crippen LogP contribution is 2.40. The van der Waals surface area contributed by atoms with Crippen LogP contribution in [0.25, 0.3) is 6.08 Å². The molecule has 31 heavy (non-hydrogen) atoms. The average Bonchev–Trinajstić information content (AvgIpc) is 3.10. The molecule has 1 heterocycles. The number of carbonyl (C=O) groups excluding carboxylic acids is 1. The van der Waals surface area contributed by atoms with E-state index in [-0.39, 0.29) is 11.5 Å². The molecule has 0 atom stereocenters. The van der Waals surface area contributed by atoms with Crippen molar-refractivity contribution in [1.82, 2.24) is 0 Å². The first-order valence-electron chi connectivity index (χ1n) is 9.67. The van der Waals surface area contributed by atoms with Crippen LogP contribution in [0.15, 0.2) is 60.4 Å². The van der Waals surface area contributed by atoms with Crippen LogP contribution in [0.2, 0.25) is 5.02 Å². The molecule has 0 aromatic heterocycles. The lowest BCUT2D eigenvalue weighted by atomic mass is 10.1. The van der Waals surface area contributed by atoms with Gasteiger partial charge in [-0.2, -0.15) is 0 Å². The summed E-state index contributed by atoms with van der Waals surface area (Å²) in [4.78, 5) is 12.9. The minimum atomic E-state index is -0.188. The van der Waals surface area contributed by atoms with Crippen molar-refractivity contribution in [3.05, 3.63) is 87.6 Å². The minimum Gasteiger partial charge on any atom is -0.497 e. The zero-order valence-corrected chi connectivity index (χ0v) is 18.2. The molecule has 0 bridgehead atoms. The van der Waals surface area contributed by atoms with Gasteiger partial charge in [-0.15, -0.1) is 0 Å². The Hall–Kier alpha value is -3.44. The monoisotopic (exact) mass is 436 g/mol. The molecule has 0 saturated heterocycles. The maximum atomic E-state index is 12.9. The molecule has 0 aliphatic carbocycles. The summed E-state index contributed by atoms with van der Waals surface area (Å²) in [5.74, 6) is 2.47. The highest BCUT2D eigenvalue weighted by molar-refractivity contribution is 6.30. The number of benzene rings is 3. The van der Waals surface area contributed by atoms with Gasteiger partial charge in [0, 0.05) is 16.1 Å². The van der Waals surface area contributed by atoms with Crippen LogP contribution in [0, 0.1) is 6.92 Å². The van der Waals surface area contributed by atoms with Gasteiger partial charge in [-0.05, 0) is 61.0 Å². The number of allylic oxidation sites excluding steroid dienone is 1. The predicted molar refractivity (Wildman–Crippen MR) is 119 cm³/mol. The van der Waals surface area contributed by atoms with E-state index in [0.29, 0.717) is 45.8 Å². The van der Waals surface area contributed by atoms with Gasteiger partial charge >= 0.3 is 0 Å². The molecule has 0 saturated carbocycles. The van der Waals surface area contributed by atoms with E-state index in [1.165, 1.54) is 0 Å². The summed E-state index contributed by atoms with van der Waals surface area (Å²) in [7, 11) is 3.16. The molecule has 3 aromatic rings. The number of fused-ring (bicyclic) bond motifs is 1. The highest BCUT2D eigenvalue weighted by atomic mass is 35.5. The van der Waals surface area contributed by atoms with E-state index in [1.54, 1.807) is 50.6 Å². The molecule has 1 aliphatic rings. The Balaban J connectivity index is 1.60. The molecule has 1 aliphatic heterocycles. The third kappa shape index (κ3) is 4.23. The Labute approximate surface area is 185 Å². The number of halogens is 1. The number of ketones is 1. The van der Waals surface area contributed by atoms with Gasteiger partial charge < -0.3 is 18.9 Å². The SMILES string of the molecule is COc1ccc(OC)c(/C=C2\Oc3c(ccc(OCc4ccc(Cl)cc4)c3C)C2=O)c1. The van der Waals surface area contributed by atoms with E-state index in [4.69, 9.17) is 30.5 Å². The molecule has 0 N–H and O–H groups in total. The molecule has 0 amide bonds. The zero-order valence-electron chi connectivity index (χ0n) is 17.4. The van der Waals surface area contributed by atoms with Crippen molar-refractivity contribution >= 4 is 23.5 Å². The molecule has 6 heteroatoms. The number of methoxy groups -OCH3 is 2. The fourth-order valence-electron chi connectivity index (χ4n) is 3.36. The van der Waals surface area contributed by atoms with Crippen molar-refractivity contribution in [2.24, 2.45) is 0 Å². The van der Waals surface area contributed by atoms with Crippen LogP contribution in [0.3, 0.4) is 0 Å². The summed E-state index contributed by atoms with van der Waals surface area (Å²) in [6.45, 7) is 2.26. The van der Waals surface area contributed by atoms with Gasteiger partial charge in [0.05, 0.1) is 19.8 Å². The van der Waals surface area contributed by atoms with E-state index in [1.807, 2.05) is 31.2 Å². The number of hydrogen-bond donors (Lipinski definition) is 0. The number of ether oxygens (including phenoxy) is 4. The molecule has 0 radical (unpaired) electrons. The quantitative estimate of drug-likeness (QED) is 0.453. The molecule has 5 nitrogen and oxygen atoms in total. The first-order valence-corrected chi connectivity index (χ1v) is 10.0. The van der Waals surface area contributed by atoms with Gasteiger partial charge in [0.25, 0.3) is 0 Å². The van der Waals surface area contributed by atoms with Crippen LogP contribution < -0.4 is 18.9 Å². The lowest BCUT2D eigenvalue weighted by Gasteiger charge is -2.11. The number of Topliss-reactive ketones (excluding diaryl/α,β-unsaturated/α-hetero) is 1. The molecular formula is C25H21ClO5. The highest BCUT2D eigenvalue weighted by Gasteiger charge is 2.30. The molecular weight excluding hydrogens is 416 g/mol. The van der Waals surface area contributed by atoms with E-state index in [2.05, 4.69) is 0 Å². The Kier molecular flexibility index (Phi) is 5.87. The Morgan fingerprint density at radius 2 is 1.71 bits per heavy atom. The van der Waals surface area contributed by atoms with E-state index in [0.717, 1.165) is 11.1 Å². The summed E-state index contributed by atoms with van der Waals surface area (Å²) in [6, 6.07) is 16.3. The lowest BCUT2D eigenvalue weighted by molar-refractivity contribution is 0.101. The summed E-state index contributed by atoms with van der Waals surface area (Å²) in [5.41, 5.74) is 2.95. The second-order valence-corrected chi connectivity index (χ2v) is 7.46. The lowest BCUT2D eigenvalue weighted by Crippen LogP contribution is -1.99. The molecule has 158 valence electrons. The number of carbonyl (C=O) groups is 1. The summed E-state index contributed by atoms with van der Waals surface area (Å²) >= 11 is 5.93. The Morgan fingerprint density at radius 3 is 2.42 bits per heavy atom. The summed E-state index contributed by atoms with van der Waals surface area (Å²) in [6.07, 6.45) is 1.66. The first kappa shape index (κ1) is 20.8. The Morgan fingerprint density at radius 1 is 0.968 bits per heavy atom. The fourth-order valence-corrected chi connectivity index (χ4v) is 3.49. The molecule has 0 fully saturated rings. The van der Waals surface area contributed by atoms with E-state index < -0.39 is 0 Å². The minimum absolute atomic E-state index is 0.188. The van der Waals surface area contributed by atoms with Gasteiger partial charge in [-0.1, -0.05) is 23.7 Å². The fraction of sp³-hybridized carbons (Fsp3) is 0.160. The number of hydrogen-bond acceptors (Lipinski definition) is 5. The van der Waals surface area contributed by atoms with Crippen molar-refractivity contribution in [1.29, 1.82) is 0 Å². The van der Waals surface area contributed by atoms with Crippen LogP contribution in [-0.2, 0) is 6.61 Å². The van der Waals surface area contributed by atoms with E-state index >= 15 is 0 Å². The number of rotatable bonds is 6. The van der Waals surface area contributed by atoms with Gasteiger partial charge in [0.15, 0.2) is 5.76 Å².